The maximum atomic E-state index is 6.06. The highest BCUT2D eigenvalue weighted by Crippen LogP contribution is 2.28. The molecule has 260 valence electrons. The minimum absolute atomic E-state index is 0.695. The lowest BCUT2D eigenvalue weighted by Crippen LogP contribution is -2.25. The maximum Gasteiger partial charge on any atom is 0.141 e. The van der Waals surface area contributed by atoms with Gasteiger partial charge in [0.05, 0.1) is 35.3 Å². The molecule has 0 atom stereocenters. The van der Waals surface area contributed by atoms with Crippen LogP contribution >= 0.6 is 0 Å². The first-order chi connectivity index (χ1) is 24.5. The van der Waals surface area contributed by atoms with Crippen LogP contribution in [0.3, 0.4) is 0 Å². The summed E-state index contributed by atoms with van der Waals surface area (Å²) >= 11 is 0. The second kappa shape index (κ2) is 17.1. The Kier molecular flexibility index (Phi) is 12.0. The molecule has 0 saturated carbocycles. The summed E-state index contributed by atoms with van der Waals surface area (Å²) < 4.78 is 16.6. The van der Waals surface area contributed by atoms with Gasteiger partial charge in [-0.05, 0) is 113 Å². The molecule has 8 nitrogen and oxygen atoms in total. The average molecular weight is 671 g/mol. The molecule has 0 saturated heterocycles. The molecule has 4 aromatic carbocycles. The smallest absolute Gasteiger partial charge is 0.141 e. The van der Waals surface area contributed by atoms with Crippen molar-refractivity contribution >= 4 is 22.1 Å². The highest BCUT2D eigenvalue weighted by Gasteiger charge is 2.14. The van der Waals surface area contributed by atoms with Crippen molar-refractivity contribution in [2.24, 2.45) is 0 Å². The second-order valence-corrected chi connectivity index (χ2v) is 12.8. The van der Waals surface area contributed by atoms with Crippen molar-refractivity contribution in [2.45, 2.75) is 39.8 Å². The van der Waals surface area contributed by atoms with Crippen LogP contribution in [-0.4, -0.2) is 82.4 Å². The van der Waals surface area contributed by atoms with E-state index in [1.54, 1.807) is 0 Å². The van der Waals surface area contributed by atoms with Crippen molar-refractivity contribution in [1.82, 2.24) is 28.9 Å². The first-order valence-electron chi connectivity index (χ1n) is 17.9. The topological polar surface area (TPSA) is 60.6 Å². The van der Waals surface area contributed by atoms with E-state index in [0.29, 0.717) is 26.3 Å². The third-order valence-corrected chi connectivity index (χ3v) is 9.08. The fraction of sp³-hybridized carbons (Fsp3) is 0.333. The summed E-state index contributed by atoms with van der Waals surface area (Å²) in [5.74, 6) is 3.66. The van der Waals surface area contributed by atoms with Crippen molar-refractivity contribution in [3.63, 3.8) is 0 Å². The molecule has 0 N–H and O–H groups in total. The van der Waals surface area contributed by atoms with Crippen LogP contribution in [0.25, 0.3) is 44.8 Å². The minimum Gasteiger partial charge on any atom is -0.494 e. The number of rotatable bonds is 18. The number of para-hydroxylation sites is 4. The van der Waals surface area contributed by atoms with Crippen LogP contribution < -0.4 is 9.47 Å². The molecule has 0 fully saturated rings. The van der Waals surface area contributed by atoms with Gasteiger partial charge in [0.2, 0.25) is 0 Å². The number of hydrogen-bond acceptors (Lipinski definition) is 6. The van der Waals surface area contributed by atoms with Gasteiger partial charge < -0.3 is 28.4 Å². The molecule has 0 bridgehead atoms. The largest absolute Gasteiger partial charge is 0.494 e. The van der Waals surface area contributed by atoms with Gasteiger partial charge in [-0.15, -0.1) is 0 Å². The predicted octanol–water partition coefficient (Wildman–Crippen LogP) is 8.42. The molecule has 2 heterocycles. The van der Waals surface area contributed by atoms with E-state index in [2.05, 4.69) is 132 Å². The van der Waals surface area contributed by atoms with Gasteiger partial charge in [-0.25, -0.2) is 9.97 Å². The Bertz CT molecular complexity index is 1970. The molecule has 50 heavy (non-hydrogen) atoms. The van der Waals surface area contributed by atoms with E-state index < -0.39 is 0 Å². The minimum atomic E-state index is 0.695. The molecular weight excluding hydrogens is 621 g/mol. The zero-order chi connectivity index (χ0) is 34.7. The van der Waals surface area contributed by atoms with E-state index in [0.717, 1.165) is 95.4 Å². The first kappa shape index (κ1) is 34.9. The normalized spacial score (nSPS) is 11.9. The summed E-state index contributed by atoms with van der Waals surface area (Å²) in [7, 11) is 4.17. The number of fused-ring (bicyclic) bond motifs is 2. The zero-order valence-corrected chi connectivity index (χ0v) is 30.0. The molecule has 8 heteroatoms. The molecule has 0 aliphatic rings. The van der Waals surface area contributed by atoms with Crippen LogP contribution in [0.4, 0.5) is 0 Å². The summed E-state index contributed by atoms with van der Waals surface area (Å²) in [6.07, 6.45) is 6.47. The number of allylic oxidation sites excluding steroid dienone is 2. The summed E-state index contributed by atoms with van der Waals surface area (Å²) in [6, 6.07) is 33.3. The molecule has 0 spiro atoms. The Morgan fingerprint density at radius 3 is 1.46 bits per heavy atom. The number of nitrogens with zero attached hydrogens (tertiary/aromatic N) is 6. The molecular formula is C42H50N6O2. The fourth-order valence-electron chi connectivity index (χ4n) is 6.31. The van der Waals surface area contributed by atoms with E-state index in [-0.39, 0.29) is 0 Å². The highest BCUT2D eigenvalue weighted by molar-refractivity contribution is 5.81. The van der Waals surface area contributed by atoms with Crippen LogP contribution in [0.15, 0.2) is 109 Å². The van der Waals surface area contributed by atoms with Gasteiger partial charge in [0.1, 0.15) is 23.1 Å². The molecule has 2 aromatic heterocycles. The molecule has 0 aliphatic carbocycles. The van der Waals surface area contributed by atoms with Crippen LogP contribution in [-0.2, 0) is 13.1 Å². The quantitative estimate of drug-likeness (QED) is 0.0676. The lowest BCUT2D eigenvalue weighted by atomic mass is 10.2. The maximum absolute atomic E-state index is 6.06. The van der Waals surface area contributed by atoms with Crippen molar-refractivity contribution < 1.29 is 9.47 Å². The summed E-state index contributed by atoms with van der Waals surface area (Å²) in [5, 5.41) is 0. The van der Waals surface area contributed by atoms with Gasteiger partial charge in [0.25, 0.3) is 0 Å². The number of imidazole rings is 2. The zero-order valence-electron chi connectivity index (χ0n) is 30.0. The molecule has 6 rings (SSSR count). The lowest BCUT2D eigenvalue weighted by molar-refractivity contribution is 0.249. The average Bonchev–Trinajstić information content (AvgIpc) is 3.71. The highest BCUT2D eigenvalue weighted by atomic mass is 16.5. The third-order valence-electron chi connectivity index (χ3n) is 9.08. The SMILES string of the molecule is CCN(CC)CCCOc1ccc(-c2nc3ccccc3n2C/C=C/Cn2c(-c3ccc(OCCCN(C)C)cc3)nc3ccccc32)cc1. The van der Waals surface area contributed by atoms with Gasteiger partial charge in [-0.1, -0.05) is 50.3 Å². The van der Waals surface area contributed by atoms with E-state index in [1.807, 2.05) is 24.3 Å². The summed E-state index contributed by atoms with van der Waals surface area (Å²) in [6.45, 7) is 11.4. The number of ether oxygens (including phenoxy) is 2. The third kappa shape index (κ3) is 8.62. The summed E-state index contributed by atoms with van der Waals surface area (Å²) in [4.78, 5) is 14.7. The Morgan fingerprint density at radius 1 is 0.580 bits per heavy atom. The van der Waals surface area contributed by atoms with Crippen LogP contribution in [0.2, 0.25) is 0 Å². The van der Waals surface area contributed by atoms with Crippen LogP contribution in [0, 0.1) is 0 Å². The molecule has 0 aliphatic heterocycles. The van der Waals surface area contributed by atoms with Gasteiger partial charge in [0, 0.05) is 37.3 Å². The van der Waals surface area contributed by atoms with Gasteiger partial charge in [0.15, 0.2) is 0 Å². The van der Waals surface area contributed by atoms with Crippen molar-refractivity contribution in [3.05, 3.63) is 109 Å². The standard InChI is InChI=1S/C42H50N6O2/c1-5-46(6-2)28-14-32-50-36-25-21-34(22-26-36)42-44-38-16-8-10-18-40(38)48(42)30-12-11-29-47-39-17-9-7-15-37(39)43-41(47)33-19-23-35(24-20-33)49-31-13-27-45(3)4/h7-12,15-26H,5-6,13-14,27-32H2,1-4H3/b12-11+. The van der Waals surface area contributed by atoms with Gasteiger partial charge >= 0.3 is 0 Å². The molecule has 0 radical (unpaired) electrons. The molecule has 0 amide bonds. The van der Waals surface area contributed by atoms with E-state index >= 15 is 0 Å². The Labute approximate surface area is 296 Å². The molecule has 6 aromatic rings. The number of hydrogen-bond donors (Lipinski definition) is 0. The lowest BCUT2D eigenvalue weighted by Gasteiger charge is -2.17. The monoisotopic (exact) mass is 670 g/mol. The summed E-state index contributed by atoms with van der Waals surface area (Å²) in [5.41, 5.74) is 6.33. The Balaban J connectivity index is 1.16. The van der Waals surface area contributed by atoms with Crippen molar-refractivity contribution in [2.75, 3.05) is 53.5 Å². The van der Waals surface area contributed by atoms with Crippen molar-refractivity contribution in [1.29, 1.82) is 0 Å². The fourth-order valence-corrected chi connectivity index (χ4v) is 6.31. The second-order valence-electron chi connectivity index (χ2n) is 12.8. The van der Waals surface area contributed by atoms with Crippen molar-refractivity contribution in [3.8, 4) is 34.3 Å². The van der Waals surface area contributed by atoms with E-state index in [4.69, 9.17) is 19.4 Å². The first-order valence-corrected chi connectivity index (χ1v) is 17.9. The Morgan fingerprint density at radius 2 is 1.02 bits per heavy atom. The van der Waals surface area contributed by atoms with Crippen LogP contribution in [0.1, 0.15) is 26.7 Å². The van der Waals surface area contributed by atoms with E-state index in [1.165, 1.54) is 0 Å². The number of aromatic nitrogens is 4. The van der Waals surface area contributed by atoms with Gasteiger partial charge in [-0.2, -0.15) is 0 Å². The van der Waals surface area contributed by atoms with E-state index in [9.17, 15) is 0 Å². The predicted molar refractivity (Wildman–Crippen MR) is 206 cm³/mol. The Hall–Kier alpha value is -4.92. The number of benzene rings is 4. The molecule has 0 unspecified atom stereocenters. The van der Waals surface area contributed by atoms with Crippen LogP contribution in [0.5, 0.6) is 11.5 Å². The van der Waals surface area contributed by atoms with Gasteiger partial charge in [-0.3, -0.25) is 0 Å².